The molecular weight excluding hydrogens is 262 g/mol. The lowest BCUT2D eigenvalue weighted by Gasteiger charge is -2.08. The number of hydrogen-bond donors (Lipinski definition) is 4. The van der Waals surface area contributed by atoms with E-state index >= 15 is 0 Å². The van der Waals surface area contributed by atoms with Crippen LogP contribution in [0, 0.1) is 0 Å². The Bertz CT molecular complexity index is 609. The summed E-state index contributed by atoms with van der Waals surface area (Å²) in [5.41, 5.74) is 0.902. The van der Waals surface area contributed by atoms with Crippen molar-refractivity contribution in [2.24, 2.45) is 0 Å². The Morgan fingerprint density at radius 1 is 1.45 bits per heavy atom. The van der Waals surface area contributed by atoms with Crippen molar-refractivity contribution < 1.29 is 19.7 Å². The molecule has 0 spiro atoms. The zero-order valence-electron chi connectivity index (χ0n) is 10.9. The molecule has 0 bridgehead atoms. The minimum Gasteiger partial charge on any atom is -0.504 e. The highest BCUT2D eigenvalue weighted by Gasteiger charge is 2.08. The maximum atomic E-state index is 10.7. The number of aromatic amines is 1. The third kappa shape index (κ3) is 3.19. The van der Waals surface area contributed by atoms with E-state index in [4.69, 9.17) is 9.84 Å². The number of anilines is 1. The largest absolute Gasteiger partial charge is 0.504 e. The van der Waals surface area contributed by atoms with E-state index in [9.17, 15) is 9.90 Å². The average molecular weight is 277 g/mol. The number of aromatic nitrogens is 2. The molecule has 0 aliphatic rings. The van der Waals surface area contributed by atoms with Crippen molar-refractivity contribution in [1.29, 1.82) is 0 Å². The first-order chi connectivity index (χ1) is 9.60. The molecule has 0 unspecified atom stereocenters. The van der Waals surface area contributed by atoms with Crippen LogP contribution >= 0.6 is 0 Å². The average Bonchev–Trinajstić information content (AvgIpc) is 2.89. The summed E-state index contributed by atoms with van der Waals surface area (Å²) in [7, 11) is 0. The number of rotatable bonds is 6. The fraction of sp³-hybridized carbons (Fsp3) is 0.231. The van der Waals surface area contributed by atoms with Gasteiger partial charge in [0.05, 0.1) is 6.61 Å². The van der Waals surface area contributed by atoms with Crippen LogP contribution in [0.3, 0.4) is 0 Å². The van der Waals surface area contributed by atoms with Crippen LogP contribution < -0.4 is 10.1 Å². The predicted molar refractivity (Wildman–Crippen MR) is 72.1 cm³/mol. The third-order valence-electron chi connectivity index (χ3n) is 2.61. The summed E-state index contributed by atoms with van der Waals surface area (Å²) in [6.45, 7) is 2.73. The molecule has 0 fully saturated rings. The smallest absolute Gasteiger partial charge is 0.353 e. The first-order valence-corrected chi connectivity index (χ1v) is 6.07. The van der Waals surface area contributed by atoms with E-state index in [-0.39, 0.29) is 11.4 Å². The summed E-state index contributed by atoms with van der Waals surface area (Å²) in [5, 5.41) is 27.6. The number of benzene rings is 1. The Morgan fingerprint density at radius 2 is 2.25 bits per heavy atom. The van der Waals surface area contributed by atoms with Crippen molar-refractivity contribution in [1.82, 2.24) is 10.2 Å². The number of carboxylic acid groups (broad SMARTS) is 1. The maximum absolute atomic E-state index is 10.7. The molecule has 1 aromatic heterocycles. The summed E-state index contributed by atoms with van der Waals surface area (Å²) in [4.78, 5) is 10.7. The maximum Gasteiger partial charge on any atom is 0.353 e. The molecule has 0 saturated heterocycles. The van der Waals surface area contributed by atoms with Crippen molar-refractivity contribution in [3.63, 3.8) is 0 Å². The molecular formula is C13H15N3O4. The van der Waals surface area contributed by atoms with Gasteiger partial charge in [0.1, 0.15) is 11.5 Å². The molecule has 7 nitrogen and oxygen atoms in total. The standard InChI is InChI=1S/C13H15N3O4/c1-2-20-11-5-8(3-4-10(11)17)7-14-12-6-9(13(18)19)15-16-12/h3-6,17H,2,7H2,1H3,(H,18,19)(H2,14,15,16). The van der Waals surface area contributed by atoms with Gasteiger partial charge in [-0.05, 0) is 24.6 Å². The number of phenolic OH excluding ortho intramolecular Hbond substituents is 1. The van der Waals surface area contributed by atoms with Gasteiger partial charge in [-0.15, -0.1) is 0 Å². The van der Waals surface area contributed by atoms with Gasteiger partial charge in [-0.2, -0.15) is 5.10 Å². The van der Waals surface area contributed by atoms with Gasteiger partial charge in [0.2, 0.25) is 0 Å². The fourth-order valence-corrected chi connectivity index (χ4v) is 1.65. The molecule has 1 aromatic carbocycles. The van der Waals surface area contributed by atoms with Crippen molar-refractivity contribution in [3.05, 3.63) is 35.5 Å². The van der Waals surface area contributed by atoms with Gasteiger partial charge in [0, 0.05) is 12.6 Å². The highest BCUT2D eigenvalue weighted by Crippen LogP contribution is 2.27. The predicted octanol–water partition coefficient (Wildman–Crippen LogP) is 1.82. The number of aromatic hydroxyl groups is 1. The number of aromatic carboxylic acids is 1. The molecule has 4 N–H and O–H groups in total. The minimum atomic E-state index is -1.06. The SMILES string of the molecule is CCOc1cc(CNc2cc(C(=O)O)[nH]n2)ccc1O. The van der Waals surface area contributed by atoms with Crippen LogP contribution in [0.1, 0.15) is 23.0 Å². The Morgan fingerprint density at radius 3 is 2.90 bits per heavy atom. The molecule has 106 valence electrons. The van der Waals surface area contributed by atoms with Crippen LogP contribution in [-0.2, 0) is 6.54 Å². The van der Waals surface area contributed by atoms with E-state index in [1.54, 1.807) is 18.2 Å². The van der Waals surface area contributed by atoms with E-state index in [1.807, 2.05) is 6.92 Å². The second-order valence-electron chi connectivity index (χ2n) is 4.06. The first-order valence-electron chi connectivity index (χ1n) is 6.07. The summed E-state index contributed by atoms with van der Waals surface area (Å²) < 4.78 is 5.29. The van der Waals surface area contributed by atoms with E-state index < -0.39 is 5.97 Å². The molecule has 0 amide bonds. The van der Waals surface area contributed by atoms with Crippen LogP contribution in [0.2, 0.25) is 0 Å². The van der Waals surface area contributed by atoms with Crippen LogP contribution in [0.5, 0.6) is 11.5 Å². The number of nitrogens with one attached hydrogen (secondary N) is 2. The van der Waals surface area contributed by atoms with E-state index in [0.717, 1.165) is 5.56 Å². The van der Waals surface area contributed by atoms with Crippen LogP contribution in [0.4, 0.5) is 5.82 Å². The highest BCUT2D eigenvalue weighted by molar-refractivity contribution is 5.86. The molecule has 2 aromatic rings. The summed E-state index contributed by atoms with van der Waals surface area (Å²) in [6.07, 6.45) is 0. The fourth-order valence-electron chi connectivity index (χ4n) is 1.65. The Hall–Kier alpha value is -2.70. The monoisotopic (exact) mass is 277 g/mol. The summed E-state index contributed by atoms with van der Waals surface area (Å²) in [6, 6.07) is 6.42. The van der Waals surface area contributed by atoms with Gasteiger partial charge >= 0.3 is 5.97 Å². The Kier molecular flexibility index (Phi) is 4.09. The minimum absolute atomic E-state index is 0.0215. The number of ether oxygens (including phenoxy) is 1. The quantitative estimate of drug-likeness (QED) is 0.641. The first kappa shape index (κ1) is 13.7. The molecule has 0 atom stereocenters. The number of carbonyl (C=O) groups is 1. The third-order valence-corrected chi connectivity index (χ3v) is 2.61. The molecule has 0 aliphatic carbocycles. The Labute approximate surface area is 115 Å². The Balaban J connectivity index is 2.02. The summed E-state index contributed by atoms with van der Waals surface area (Å²) in [5.74, 6) is -0.120. The van der Waals surface area contributed by atoms with Crippen molar-refractivity contribution >= 4 is 11.8 Å². The van der Waals surface area contributed by atoms with Crippen molar-refractivity contribution in [2.45, 2.75) is 13.5 Å². The van der Waals surface area contributed by atoms with E-state index in [1.165, 1.54) is 6.07 Å². The van der Waals surface area contributed by atoms with Crippen molar-refractivity contribution in [3.8, 4) is 11.5 Å². The second kappa shape index (κ2) is 5.96. The number of hydrogen-bond acceptors (Lipinski definition) is 5. The van der Waals surface area contributed by atoms with Crippen LogP contribution in [0.25, 0.3) is 0 Å². The molecule has 20 heavy (non-hydrogen) atoms. The van der Waals surface area contributed by atoms with Gasteiger partial charge in [0.25, 0.3) is 0 Å². The zero-order chi connectivity index (χ0) is 14.5. The number of nitrogens with zero attached hydrogens (tertiary/aromatic N) is 1. The normalized spacial score (nSPS) is 10.2. The molecule has 0 aliphatic heterocycles. The number of H-pyrrole nitrogens is 1. The lowest BCUT2D eigenvalue weighted by atomic mass is 10.2. The summed E-state index contributed by atoms with van der Waals surface area (Å²) >= 11 is 0. The van der Waals surface area contributed by atoms with Crippen LogP contribution in [0.15, 0.2) is 24.3 Å². The molecule has 0 saturated carbocycles. The molecule has 7 heteroatoms. The van der Waals surface area contributed by atoms with Gasteiger partial charge in [-0.25, -0.2) is 4.79 Å². The topological polar surface area (TPSA) is 107 Å². The lowest BCUT2D eigenvalue weighted by molar-refractivity contribution is 0.0690. The molecule has 1 heterocycles. The molecule has 2 rings (SSSR count). The number of carboxylic acids is 1. The highest BCUT2D eigenvalue weighted by atomic mass is 16.5. The number of phenols is 1. The molecule has 0 radical (unpaired) electrons. The van der Waals surface area contributed by atoms with E-state index in [0.29, 0.717) is 24.7 Å². The van der Waals surface area contributed by atoms with Gasteiger partial charge < -0.3 is 20.3 Å². The van der Waals surface area contributed by atoms with Gasteiger partial charge in [-0.3, -0.25) is 5.10 Å². The zero-order valence-corrected chi connectivity index (χ0v) is 10.9. The van der Waals surface area contributed by atoms with Gasteiger partial charge in [0.15, 0.2) is 11.5 Å². The van der Waals surface area contributed by atoms with E-state index in [2.05, 4.69) is 15.5 Å². The second-order valence-corrected chi connectivity index (χ2v) is 4.06. The van der Waals surface area contributed by atoms with Crippen LogP contribution in [-0.4, -0.2) is 33.0 Å². The van der Waals surface area contributed by atoms with Gasteiger partial charge in [-0.1, -0.05) is 6.07 Å². The lowest BCUT2D eigenvalue weighted by Crippen LogP contribution is -2.00. The van der Waals surface area contributed by atoms with Crippen molar-refractivity contribution in [2.75, 3.05) is 11.9 Å².